The van der Waals surface area contributed by atoms with E-state index in [1.165, 1.54) is 36.1 Å². The monoisotopic (exact) mass is 547 g/mol. The maximum Gasteiger partial charge on any atom is 0.331 e. The van der Waals surface area contributed by atoms with E-state index in [1.807, 2.05) is 19.9 Å². The zero-order valence-electron chi connectivity index (χ0n) is 23.3. The molecule has 1 unspecified atom stereocenters. The van der Waals surface area contributed by atoms with Crippen LogP contribution in [0, 0.1) is 23.1 Å². The molecule has 1 amide bonds. The maximum atomic E-state index is 14.2. The number of hydroxylamine groups is 1. The summed E-state index contributed by atoms with van der Waals surface area (Å²) in [5.74, 6) is -0.653. The second-order valence-corrected chi connectivity index (χ2v) is 9.71. The minimum absolute atomic E-state index is 0.00721. The van der Waals surface area contributed by atoms with E-state index >= 15 is 0 Å². The lowest BCUT2D eigenvalue weighted by atomic mass is 10.1. The first-order valence-electron chi connectivity index (χ1n) is 12.8. The Morgan fingerprint density at radius 2 is 1.87 bits per heavy atom. The van der Waals surface area contributed by atoms with Gasteiger partial charge < -0.3 is 14.8 Å². The Balaban J connectivity index is 2.55. The van der Waals surface area contributed by atoms with Gasteiger partial charge in [-0.3, -0.25) is 23.6 Å². The summed E-state index contributed by atoms with van der Waals surface area (Å²) in [6, 6.07) is 5.42. The molecule has 0 aliphatic heterocycles. The molecular formula is C27H38FN5O6. The number of methoxy groups -OCH3 is 1. The lowest BCUT2D eigenvalue weighted by Gasteiger charge is -2.23. The Morgan fingerprint density at radius 3 is 2.49 bits per heavy atom. The number of nitrogens with one attached hydrogen (secondary N) is 2. The summed E-state index contributed by atoms with van der Waals surface area (Å²) in [5.41, 5.74) is 2.15. The van der Waals surface area contributed by atoms with Crippen LogP contribution in [0.3, 0.4) is 0 Å². The summed E-state index contributed by atoms with van der Waals surface area (Å²) < 4.78 is 27.8. The maximum absolute atomic E-state index is 14.2. The van der Waals surface area contributed by atoms with Crippen molar-refractivity contribution in [2.24, 2.45) is 5.92 Å². The quantitative estimate of drug-likeness (QED) is 0.256. The number of aromatic nitrogens is 2. The Labute approximate surface area is 227 Å². The van der Waals surface area contributed by atoms with E-state index in [0.717, 1.165) is 4.57 Å². The first kappa shape index (κ1) is 31.7. The molecule has 0 fully saturated rings. The van der Waals surface area contributed by atoms with Gasteiger partial charge >= 0.3 is 5.69 Å². The van der Waals surface area contributed by atoms with Crippen LogP contribution in [0.1, 0.15) is 58.3 Å². The standard InChI is InChI=1S/C27H38FN5O6/c1-17(2)25(34)31-19(5)14-33-26(35)20(13-30-39-18(3)4)15-32(27(33)36)16-24(38-11-7-10-29)22-12-21(28)8-9-23(22)37-6/h8-9,12,15,17-19,24,30H,7,11,13-14,16H2,1-6H3,(H,31,34)/t19-,24?/m0/s1. The Kier molecular flexibility index (Phi) is 12.3. The van der Waals surface area contributed by atoms with E-state index in [9.17, 15) is 18.8 Å². The summed E-state index contributed by atoms with van der Waals surface area (Å²) in [7, 11) is 1.43. The molecule has 1 aromatic heterocycles. The van der Waals surface area contributed by atoms with Crippen LogP contribution < -0.4 is 26.8 Å². The van der Waals surface area contributed by atoms with Crippen LogP contribution in [0.5, 0.6) is 5.75 Å². The number of hydrogen-bond acceptors (Lipinski definition) is 8. The molecular weight excluding hydrogens is 509 g/mol. The molecule has 214 valence electrons. The smallest absolute Gasteiger partial charge is 0.331 e. The third kappa shape index (κ3) is 9.31. The fourth-order valence-electron chi connectivity index (χ4n) is 3.77. The van der Waals surface area contributed by atoms with Crippen LogP contribution in [0.25, 0.3) is 0 Å². The van der Waals surface area contributed by atoms with Crippen molar-refractivity contribution in [3.05, 3.63) is 62.2 Å². The summed E-state index contributed by atoms with van der Waals surface area (Å²) in [6.07, 6.45) is 0.458. The van der Waals surface area contributed by atoms with E-state index in [4.69, 9.17) is 19.6 Å². The SMILES string of the molecule is COc1ccc(F)cc1C(Cn1cc(CNOC(C)C)c(=O)n(C[C@H](C)NC(=O)C(C)C)c1=O)OCCC#N. The molecule has 0 bridgehead atoms. The number of carbonyl (C=O) groups is 1. The molecule has 0 aliphatic carbocycles. The van der Waals surface area contributed by atoms with E-state index in [-0.39, 0.29) is 56.2 Å². The lowest BCUT2D eigenvalue weighted by Crippen LogP contribution is -2.48. The Morgan fingerprint density at radius 1 is 1.15 bits per heavy atom. The van der Waals surface area contributed by atoms with E-state index < -0.39 is 29.2 Å². The fourth-order valence-corrected chi connectivity index (χ4v) is 3.77. The van der Waals surface area contributed by atoms with Crippen LogP contribution in [0.4, 0.5) is 4.39 Å². The fraction of sp³-hybridized carbons (Fsp3) is 0.556. The number of rotatable bonds is 15. The van der Waals surface area contributed by atoms with Crippen molar-refractivity contribution in [1.82, 2.24) is 19.9 Å². The number of benzene rings is 1. The van der Waals surface area contributed by atoms with Gasteiger partial charge in [0, 0.05) is 23.7 Å². The van der Waals surface area contributed by atoms with Crippen LogP contribution in [0.2, 0.25) is 0 Å². The number of hydrogen-bond donors (Lipinski definition) is 2. The van der Waals surface area contributed by atoms with Crippen LogP contribution in [0.15, 0.2) is 34.0 Å². The highest BCUT2D eigenvalue weighted by atomic mass is 19.1. The second kappa shape index (κ2) is 15.2. The molecule has 2 aromatic rings. The number of nitriles is 1. The van der Waals surface area contributed by atoms with Gasteiger partial charge in [0.15, 0.2) is 0 Å². The van der Waals surface area contributed by atoms with Gasteiger partial charge in [-0.2, -0.15) is 10.7 Å². The van der Waals surface area contributed by atoms with Crippen molar-refractivity contribution in [2.75, 3.05) is 13.7 Å². The summed E-state index contributed by atoms with van der Waals surface area (Å²) in [4.78, 5) is 44.4. The van der Waals surface area contributed by atoms with Gasteiger partial charge in [-0.25, -0.2) is 9.18 Å². The molecule has 12 heteroatoms. The molecule has 2 N–H and O–H groups in total. The van der Waals surface area contributed by atoms with Crippen LogP contribution in [-0.2, 0) is 34.0 Å². The van der Waals surface area contributed by atoms with Gasteiger partial charge in [-0.15, -0.1) is 0 Å². The molecule has 2 atom stereocenters. The molecule has 0 aliphatic rings. The predicted octanol–water partition coefficient (Wildman–Crippen LogP) is 2.42. The molecule has 0 saturated carbocycles. The molecule has 0 radical (unpaired) electrons. The number of carbonyl (C=O) groups excluding carboxylic acids is 1. The zero-order valence-corrected chi connectivity index (χ0v) is 23.3. The van der Waals surface area contributed by atoms with Crippen molar-refractivity contribution in [3.8, 4) is 11.8 Å². The Bertz CT molecular complexity index is 1270. The highest BCUT2D eigenvalue weighted by molar-refractivity contribution is 5.78. The lowest BCUT2D eigenvalue weighted by molar-refractivity contribution is -0.124. The number of ether oxygens (including phenoxy) is 2. The minimum atomic E-state index is -0.876. The van der Waals surface area contributed by atoms with Crippen molar-refractivity contribution in [2.45, 2.75) is 78.9 Å². The van der Waals surface area contributed by atoms with Gasteiger partial charge in [0.25, 0.3) is 5.56 Å². The van der Waals surface area contributed by atoms with Crippen molar-refractivity contribution in [1.29, 1.82) is 5.26 Å². The van der Waals surface area contributed by atoms with Crippen molar-refractivity contribution < 1.29 is 23.5 Å². The first-order chi connectivity index (χ1) is 18.5. The highest BCUT2D eigenvalue weighted by Crippen LogP contribution is 2.29. The first-order valence-corrected chi connectivity index (χ1v) is 12.8. The molecule has 1 aromatic carbocycles. The van der Waals surface area contributed by atoms with Crippen LogP contribution >= 0.6 is 0 Å². The zero-order chi connectivity index (χ0) is 29.1. The topological polar surface area (TPSA) is 137 Å². The minimum Gasteiger partial charge on any atom is -0.496 e. The Hall–Kier alpha value is -3.53. The normalized spacial score (nSPS) is 12.8. The van der Waals surface area contributed by atoms with Crippen molar-refractivity contribution >= 4 is 5.91 Å². The third-order valence-electron chi connectivity index (χ3n) is 5.69. The average Bonchev–Trinajstić information content (AvgIpc) is 2.88. The van der Waals surface area contributed by atoms with E-state index in [0.29, 0.717) is 11.3 Å². The molecule has 11 nitrogen and oxygen atoms in total. The molecule has 2 rings (SSSR count). The van der Waals surface area contributed by atoms with Gasteiger partial charge in [-0.05, 0) is 39.0 Å². The summed E-state index contributed by atoms with van der Waals surface area (Å²) in [5, 5.41) is 11.8. The summed E-state index contributed by atoms with van der Waals surface area (Å²) in [6.45, 7) is 8.70. The van der Waals surface area contributed by atoms with Crippen LogP contribution in [-0.4, -0.2) is 40.9 Å². The van der Waals surface area contributed by atoms with E-state index in [2.05, 4.69) is 10.8 Å². The molecule has 0 saturated heterocycles. The van der Waals surface area contributed by atoms with Gasteiger partial charge in [-0.1, -0.05) is 13.8 Å². The third-order valence-corrected chi connectivity index (χ3v) is 5.69. The average molecular weight is 548 g/mol. The molecule has 1 heterocycles. The highest BCUT2D eigenvalue weighted by Gasteiger charge is 2.22. The summed E-state index contributed by atoms with van der Waals surface area (Å²) >= 11 is 0. The number of amides is 1. The molecule has 0 spiro atoms. The second-order valence-electron chi connectivity index (χ2n) is 9.71. The van der Waals surface area contributed by atoms with Crippen molar-refractivity contribution in [3.63, 3.8) is 0 Å². The number of halogens is 1. The van der Waals surface area contributed by atoms with Gasteiger partial charge in [0.05, 0.1) is 57.5 Å². The largest absolute Gasteiger partial charge is 0.496 e. The number of nitrogens with zero attached hydrogens (tertiary/aromatic N) is 3. The van der Waals surface area contributed by atoms with Gasteiger partial charge in [0.2, 0.25) is 5.91 Å². The van der Waals surface area contributed by atoms with Gasteiger partial charge in [0.1, 0.15) is 17.7 Å². The molecule has 39 heavy (non-hydrogen) atoms. The predicted molar refractivity (Wildman–Crippen MR) is 142 cm³/mol. The van der Waals surface area contributed by atoms with E-state index in [1.54, 1.807) is 20.8 Å².